The van der Waals surface area contributed by atoms with Gasteiger partial charge in [-0.2, -0.15) is 5.10 Å². The molecule has 100 valence electrons. The number of nitrogens with two attached hydrogens (primary N) is 1. The molecule has 0 fully saturated rings. The largest absolute Gasteiger partial charge is 0.364 e. The van der Waals surface area contributed by atoms with Crippen LogP contribution in [-0.2, 0) is 6.54 Å². The minimum Gasteiger partial charge on any atom is -0.364 e. The van der Waals surface area contributed by atoms with Crippen LogP contribution < -0.4 is 11.3 Å². The van der Waals surface area contributed by atoms with Crippen molar-refractivity contribution in [2.75, 3.05) is 0 Å². The SMILES string of the molecule is NC(=O)c1ccc(=O)n(Cc2csc3ccccc23)n1. The third kappa shape index (κ3) is 2.21. The maximum Gasteiger partial charge on any atom is 0.269 e. The van der Waals surface area contributed by atoms with Crippen LogP contribution in [-0.4, -0.2) is 15.7 Å². The highest BCUT2D eigenvalue weighted by atomic mass is 32.1. The molecule has 0 saturated heterocycles. The molecule has 3 aromatic rings. The summed E-state index contributed by atoms with van der Waals surface area (Å²) in [5.74, 6) is -0.645. The molecule has 2 aromatic heterocycles. The van der Waals surface area contributed by atoms with E-state index in [2.05, 4.69) is 5.10 Å². The van der Waals surface area contributed by atoms with Gasteiger partial charge in [-0.3, -0.25) is 9.59 Å². The summed E-state index contributed by atoms with van der Waals surface area (Å²) in [4.78, 5) is 22.9. The van der Waals surface area contributed by atoms with Crippen molar-refractivity contribution >= 4 is 27.3 Å². The highest BCUT2D eigenvalue weighted by molar-refractivity contribution is 7.17. The van der Waals surface area contributed by atoms with Crippen molar-refractivity contribution in [2.45, 2.75) is 6.54 Å². The molecule has 3 rings (SSSR count). The molecule has 0 saturated carbocycles. The van der Waals surface area contributed by atoms with Gasteiger partial charge in [0.15, 0.2) is 0 Å². The van der Waals surface area contributed by atoms with E-state index >= 15 is 0 Å². The number of carbonyl (C=O) groups is 1. The van der Waals surface area contributed by atoms with Gasteiger partial charge in [-0.1, -0.05) is 18.2 Å². The molecule has 1 aromatic carbocycles. The minimum atomic E-state index is -0.645. The predicted molar refractivity (Wildman–Crippen MR) is 77.9 cm³/mol. The van der Waals surface area contributed by atoms with Gasteiger partial charge in [0, 0.05) is 10.8 Å². The Hall–Kier alpha value is -2.47. The van der Waals surface area contributed by atoms with E-state index in [1.165, 1.54) is 16.8 Å². The molecule has 1 amide bonds. The lowest BCUT2D eigenvalue weighted by Gasteiger charge is -2.04. The summed E-state index contributed by atoms with van der Waals surface area (Å²) in [5, 5.41) is 7.08. The van der Waals surface area contributed by atoms with Gasteiger partial charge in [0.1, 0.15) is 5.69 Å². The van der Waals surface area contributed by atoms with Gasteiger partial charge in [0.05, 0.1) is 6.54 Å². The van der Waals surface area contributed by atoms with Crippen LogP contribution in [0.25, 0.3) is 10.1 Å². The van der Waals surface area contributed by atoms with E-state index in [0.717, 1.165) is 15.6 Å². The number of benzene rings is 1. The maximum atomic E-state index is 11.8. The third-order valence-corrected chi connectivity index (χ3v) is 4.01. The summed E-state index contributed by atoms with van der Waals surface area (Å²) in [5.41, 5.74) is 6.01. The quantitative estimate of drug-likeness (QED) is 0.794. The first kappa shape index (κ1) is 12.6. The Morgan fingerprint density at radius 3 is 2.85 bits per heavy atom. The van der Waals surface area contributed by atoms with Crippen molar-refractivity contribution in [3.8, 4) is 0 Å². The van der Waals surface area contributed by atoms with Gasteiger partial charge >= 0.3 is 0 Å². The Bertz CT molecular complexity index is 851. The van der Waals surface area contributed by atoms with Crippen LogP contribution in [0.3, 0.4) is 0 Å². The molecule has 5 nitrogen and oxygen atoms in total. The van der Waals surface area contributed by atoms with Crippen molar-refractivity contribution in [1.82, 2.24) is 9.78 Å². The number of nitrogens with zero attached hydrogens (tertiary/aromatic N) is 2. The summed E-state index contributed by atoms with van der Waals surface area (Å²) in [6.45, 7) is 0.323. The van der Waals surface area contributed by atoms with E-state index in [1.54, 1.807) is 11.3 Å². The van der Waals surface area contributed by atoms with Crippen molar-refractivity contribution in [3.05, 3.63) is 63.4 Å². The van der Waals surface area contributed by atoms with Crippen molar-refractivity contribution in [2.24, 2.45) is 5.73 Å². The van der Waals surface area contributed by atoms with E-state index < -0.39 is 5.91 Å². The summed E-state index contributed by atoms with van der Waals surface area (Å²) in [6.07, 6.45) is 0. The third-order valence-electron chi connectivity index (χ3n) is 3.00. The van der Waals surface area contributed by atoms with Crippen LogP contribution in [0.5, 0.6) is 0 Å². The molecule has 2 N–H and O–H groups in total. The molecule has 0 unspecified atom stereocenters. The fourth-order valence-corrected chi connectivity index (χ4v) is 2.96. The smallest absolute Gasteiger partial charge is 0.269 e. The fourth-order valence-electron chi connectivity index (χ4n) is 2.01. The summed E-state index contributed by atoms with van der Waals surface area (Å²) >= 11 is 1.61. The second kappa shape index (κ2) is 4.90. The van der Waals surface area contributed by atoms with Crippen molar-refractivity contribution in [3.63, 3.8) is 0 Å². The Morgan fingerprint density at radius 1 is 1.25 bits per heavy atom. The Balaban J connectivity index is 2.05. The topological polar surface area (TPSA) is 78.0 Å². The van der Waals surface area contributed by atoms with Gasteiger partial charge in [0.2, 0.25) is 0 Å². The van der Waals surface area contributed by atoms with E-state index in [0.29, 0.717) is 6.54 Å². The number of primary amides is 1. The first-order valence-electron chi connectivity index (χ1n) is 5.98. The van der Waals surface area contributed by atoms with Gasteiger partial charge in [-0.05, 0) is 28.5 Å². The lowest BCUT2D eigenvalue weighted by molar-refractivity contribution is 0.0993. The number of carbonyl (C=O) groups excluding carboxylic acids is 1. The molecule has 2 heterocycles. The standard InChI is InChI=1S/C14H11N3O2S/c15-14(19)11-5-6-13(18)17(16-11)7-9-8-20-12-4-2-1-3-10(9)12/h1-6,8H,7H2,(H2,15,19). The van der Waals surface area contributed by atoms with E-state index in [-0.39, 0.29) is 11.3 Å². The molecular weight excluding hydrogens is 274 g/mol. The van der Waals surface area contributed by atoms with Crippen LogP contribution in [0.4, 0.5) is 0 Å². The molecule has 0 atom stereocenters. The Morgan fingerprint density at radius 2 is 2.05 bits per heavy atom. The van der Waals surface area contributed by atoms with Crippen LogP contribution in [0.15, 0.2) is 46.6 Å². The Kier molecular flexibility index (Phi) is 3.08. The van der Waals surface area contributed by atoms with E-state index in [9.17, 15) is 9.59 Å². The van der Waals surface area contributed by atoms with Crippen LogP contribution >= 0.6 is 11.3 Å². The second-order valence-corrected chi connectivity index (χ2v) is 5.25. The zero-order valence-electron chi connectivity index (χ0n) is 10.4. The molecule has 0 bridgehead atoms. The van der Waals surface area contributed by atoms with Crippen molar-refractivity contribution < 1.29 is 4.79 Å². The lowest BCUT2D eigenvalue weighted by atomic mass is 10.2. The van der Waals surface area contributed by atoms with E-state index in [1.807, 2.05) is 29.6 Å². The molecule has 0 radical (unpaired) electrons. The summed E-state index contributed by atoms with van der Waals surface area (Å²) in [7, 11) is 0. The lowest BCUT2D eigenvalue weighted by Crippen LogP contribution is -2.26. The normalized spacial score (nSPS) is 10.8. The number of aromatic nitrogens is 2. The monoisotopic (exact) mass is 285 g/mol. The predicted octanol–water partition coefficient (Wildman–Crippen LogP) is 1.61. The molecule has 0 aliphatic heterocycles. The summed E-state index contributed by atoms with van der Waals surface area (Å²) in [6, 6.07) is 10.6. The van der Waals surface area contributed by atoms with Crippen LogP contribution in [0, 0.1) is 0 Å². The fraction of sp³-hybridized carbons (Fsp3) is 0.0714. The first-order valence-corrected chi connectivity index (χ1v) is 6.86. The highest BCUT2D eigenvalue weighted by Gasteiger charge is 2.09. The number of fused-ring (bicyclic) bond motifs is 1. The number of hydrogen-bond acceptors (Lipinski definition) is 4. The number of thiophene rings is 1. The number of amides is 1. The van der Waals surface area contributed by atoms with Gasteiger partial charge < -0.3 is 5.73 Å². The van der Waals surface area contributed by atoms with Crippen LogP contribution in [0.2, 0.25) is 0 Å². The minimum absolute atomic E-state index is 0.0872. The number of rotatable bonds is 3. The zero-order chi connectivity index (χ0) is 14.1. The molecule has 20 heavy (non-hydrogen) atoms. The molecule has 0 aliphatic carbocycles. The second-order valence-electron chi connectivity index (χ2n) is 4.34. The van der Waals surface area contributed by atoms with Crippen LogP contribution in [0.1, 0.15) is 16.1 Å². The van der Waals surface area contributed by atoms with Crippen molar-refractivity contribution in [1.29, 1.82) is 0 Å². The van der Waals surface area contributed by atoms with Gasteiger partial charge in [-0.25, -0.2) is 4.68 Å². The molecule has 0 aliphatic rings. The highest BCUT2D eigenvalue weighted by Crippen LogP contribution is 2.25. The maximum absolute atomic E-state index is 11.8. The zero-order valence-corrected chi connectivity index (χ0v) is 11.3. The molecular formula is C14H11N3O2S. The first-order chi connectivity index (χ1) is 9.65. The molecule has 0 spiro atoms. The Labute approximate surface area is 118 Å². The molecule has 6 heteroatoms. The average molecular weight is 285 g/mol. The summed E-state index contributed by atoms with van der Waals surface area (Å²) < 4.78 is 2.41. The van der Waals surface area contributed by atoms with E-state index in [4.69, 9.17) is 5.73 Å². The number of hydrogen-bond donors (Lipinski definition) is 1. The van der Waals surface area contributed by atoms with Gasteiger partial charge in [0.25, 0.3) is 11.5 Å². The average Bonchev–Trinajstić information content (AvgIpc) is 2.84. The van der Waals surface area contributed by atoms with Gasteiger partial charge in [-0.15, -0.1) is 11.3 Å².